The molecule has 1 atom stereocenters. The number of methoxy groups -OCH3 is 1. The van der Waals surface area contributed by atoms with Gasteiger partial charge >= 0.3 is 0 Å². The minimum atomic E-state index is -0.0366. The molecule has 2 N–H and O–H groups in total. The Morgan fingerprint density at radius 1 is 1.27 bits per heavy atom. The molecular weight excluding hydrogens is 186 g/mol. The van der Waals surface area contributed by atoms with Crippen molar-refractivity contribution in [3.05, 3.63) is 35.4 Å². The molecule has 1 aromatic carbocycles. The molecule has 0 spiro atoms. The molecule has 1 aromatic rings. The topological polar surface area (TPSA) is 35.2 Å². The Bertz CT molecular complexity index is 315. The predicted octanol–water partition coefficient (Wildman–Crippen LogP) is 2.63. The van der Waals surface area contributed by atoms with Crippen LogP contribution in [0.1, 0.15) is 37.9 Å². The number of hydrogen-bond donors (Lipinski definition) is 1. The van der Waals surface area contributed by atoms with Gasteiger partial charge in [0.15, 0.2) is 0 Å². The van der Waals surface area contributed by atoms with E-state index in [4.69, 9.17) is 10.5 Å². The molecule has 2 nitrogen and oxygen atoms in total. The Morgan fingerprint density at radius 2 is 1.87 bits per heavy atom. The van der Waals surface area contributed by atoms with E-state index in [1.807, 2.05) is 6.07 Å². The van der Waals surface area contributed by atoms with Crippen LogP contribution in [0.3, 0.4) is 0 Å². The summed E-state index contributed by atoms with van der Waals surface area (Å²) in [5.41, 5.74) is 8.69. The fourth-order valence-electron chi connectivity index (χ4n) is 1.77. The van der Waals surface area contributed by atoms with Gasteiger partial charge in [-0.25, -0.2) is 0 Å². The van der Waals surface area contributed by atoms with E-state index >= 15 is 0 Å². The highest BCUT2D eigenvalue weighted by molar-refractivity contribution is 5.35. The molecule has 0 aliphatic heterocycles. The quantitative estimate of drug-likeness (QED) is 0.827. The van der Waals surface area contributed by atoms with Crippen LogP contribution < -0.4 is 5.73 Å². The maximum Gasteiger partial charge on any atom is 0.0655 e. The third-order valence-electron chi connectivity index (χ3n) is 2.51. The van der Waals surface area contributed by atoms with Crippen molar-refractivity contribution in [3.63, 3.8) is 0 Å². The van der Waals surface area contributed by atoms with Crippen molar-refractivity contribution >= 4 is 0 Å². The van der Waals surface area contributed by atoms with E-state index in [2.05, 4.69) is 39.0 Å². The molecule has 0 bridgehead atoms. The van der Waals surface area contributed by atoms with Crippen molar-refractivity contribution in [1.82, 2.24) is 0 Å². The van der Waals surface area contributed by atoms with Gasteiger partial charge in [0.05, 0.1) is 12.6 Å². The summed E-state index contributed by atoms with van der Waals surface area (Å²) in [5.74, 6) is 0. The highest BCUT2D eigenvalue weighted by atomic mass is 16.5. The zero-order chi connectivity index (χ0) is 11.5. The average molecular weight is 207 g/mol. The average Bonchev–Trinajstić information content (AvgIpc) is 2.17. The Labute approximate surface area is 92.4 Å². The summed E-state index contributed by atoms with van der Waals surface area (Å²) in [6.07, 6.45) is 0. The van der Waals surface area contributed by atoms with Gasteiger partial charge in [0.2, 0.25) is 0 Å². The molecule has 0 saturated heterocycles. The number of hydrogen-bond acceptors (Lipinski definition) is 2. The molecule has 0 saturated carbocycles. The normalized spacial score (nSPS) is 13.9. The molecule has 2 heteroatoms. The van der Waals surface area contributed by atoms with Gasteiger partial charge in [-0.15, -0.1) is 0 Å². The second-order valence-corrected chi connectivity index (χ2v) is 4.90. The van der Waals surface area contributed by atoms with E-state index < -0.39 is 0 Å². The smallest absolute Gasteiger partial charge is 0.0655 e. The SMILES string of the molecule is COCC(N)c1ccccc1C(C)(C)C. The lowest BCUT2D eigenvalue weighted by molar-refractivity contribution is 0.180. The van der Waals surface area contributed by atoms with Gasteiger partial charge in [-0.1, -0.05) is 45.0 Å². The van der Waals surface area contributed by atoms with Crippen LogP contribution in [-0.2, 0) is 10.2 Å². The second-order valence-electron chi connectivity index (χ2n) is 4.90. The van der Waals surface area contributed by atoms with Gasteiger partial charge in [-0.3, -0.25) is 0 Å². The Morgan fingerprint density at radius 3 is 2.40 bits per heavy atom. The van der Waals surface area contributed by atoms with Gasteiger partial charge in [-0.05, 0) is 16.5 Å². The molecule has 15 heavy (non-hydrogen) atoms. The second kappa shape index (κ2) is 4.77. The van der Waals surface area contributed by atoms with Gasteiger partial charge in [0.25, 0.3) is 0 Å². The van der Waals surface area contributed by atoms with Crippen LogP contribution in [0, 0.1) is 0 Å². The van der Waals surface area contributed by atoms with Crippen LogP contribution in [0.5, 0.6) is 0 Å². The number of nitrogens with two attached hydrogens (primary N) is 1. The first-order valence-electron chi connectivity index (χ1n) is 5.30. The molecule has 0 aliphatic rings. The number of benzene rings is 1. The summed E-state index contributed by atoms with van der Waals surface area (Å²) in [5, 5.41) is 0. The molecule has 0 aromatic heterocycles. The highest BCUT2D eigenvalue weighted by Crippen LogP contribution is 2.28. The van der Waals surface area contributed by atoms with Crippen molar-refractivity contribution < 1.29 is 4.74 Å². The fraction of sp³-hybridized carbons (Fsp3) is 0.538. The van der Waals surface area contributed by atoms with Crippen LogP contribution in [0.15, 0.2) is 24.3 Å². The fourth-order valence-corrected chi connectivity index (χ4v) is 1.77. The maximum atomic E-state index is 6.08. The molecule has 1 rings (SSSR count). The monoisotopic (exact) mass is 207 g/mol. The Hall–Kier alpha value is -0.860. The lowest BCUT2D eigenvalue weighted by atomic mass is 9.82. The summed E-state index contributed by atoms with van der Waals surface area (Å²) in [7, 11) is 1.68. The van der Waals surface area contributed by atoms with Gasteiger partial charge < -0.3 is 10.5 Å². The van der Waals surface area contributed by atoms with E-state index in [1.165, 1.54) is 11.1 Å². The molecule has 0 radical (unpaired) electrons. The summed E-state index contributed by atoms with van der Waals surface area (Å²) in [4.78, 5) is 0. The van der Waals surface area contributed by atoms with E-state index in [9.17, 15) is 0 Å². The summed E-state index contributed by atoms with van der Waals surface area (Å²) < 4.78 is 5.10. The van der Waals surface area contributed by atoms with Crippen LogP contribution in [0.25, 0.3) is 0 Å². The van der Waals surface area contributed by atoms with Crippen molar-refractivity contribution in [3.8, 4) is 0 Å². The van der Waals surface area contributed by atoms with Crippen LogP contribution in [0.4, 0.5) is 0 Å². The van der Waals surface area contributed by atoms with E-state index in [0.717, 1.165) is 0 Å². The summed E-state index contributed by atoms with van der Waals surface area (Å²) in [6.45, 7) is 7.16. The first-order chi connectivity index (χ1) is 6.96. The van der Waals surface area contributed by atoms with E-state index in [1.54, 1.807) is 7.11 Å². The third-order valence-corrected chi connectivity index (χ3v) is 2.51. The standard InChI is InChI=1S/C13H21NO/c1-13(2,3)11-8-6-5-7-10(11)12(14)9-15-4/h5-8,12H,9,14H2,1-4H3. The Kier molecular flexibility index (Phi) is 3.89. The molecule has 0 heterocycles. The molecule has 84 valence electrons. The lowest BCUT2D eigenvalue weighted by Gasteiger charge is -2.25. The van der Waals surface area contributed by atoms with Crippen molar-refractivity contribution in [1.29, 1.82) is 0 Å². The van der Waals surface area contributed by atoms with Crippen molar-refractivity contribution in [2.24, 2.45) is 5.73 Å². The Balaban J connectivity index is 3.06. The first-order valence-corrected chi connectivity index (χ1v) is 5.30. The van der Waals surface area contributed by atoms with Gasteiger partial charge in [-0.2, -0.15) is 0 Å². The zero-order valence-electron chi connectivity index (χ0n) is 10.1. The number of ether oxygens (including phenoxy) is 1. The minimum Gasteiger partial charge on any atom is -0.383 e. The van der Waals surface area contributed by atoms with Crippen molar-refractivity contribution in [2.45, 2.75) is 32.2 Å². The van der Waals surface area contributed by atoms with Gasteiger partial charge in [0, 0.05) is 7.11 Å². The van der Waals surface area contributed by atoms with Crippen LogP contribution >= 0.6 is 0 Å². The van der Waals surface area contributed by atoms with E-state index in [-0.39, 0.29) is 11.5 Å². The summed E-state index contributed by atoms with van der Waals surface area (Å²) in [6, 6.07) is 8.28. The molecule has 0 amide bonds. The maximum absolute atomic E-state index is 6.08. The molecule has 0 aliphatic carbocycles. The number of rotatable bonds is 3. The minimum absolute atomic E-state index is 0.0366. The lowest BCUT2D eigenvalue weighted by Crippen LogP contribution is -2.22. The highest BCUT2D eigenvalue weighted by Gasteiger charge is 2.20. The first kappa shape index (κ1) is 12.2. The zero-order valence-corrected chi connectivity index (χ0v) is 10.1. The van der Waals surface area contributed by atoms with Crippen LogP contribution in [0.2, 0.25) is 0 Å². The largest absolute Gasteiger partial charge is 0.383 e. The van der Waals surface area contributed by atoms with E-state index in [0.29, 0.717) is 6.61 Å². The van der Waals surface area contributed by atoms with Crippen LogP contribution in [-0.4, -0.2) is 13.7 Å². The molecular formula is C13H21NO. The summed E-state index contributed by atoms with van der Waals surface area (Å²) >= 11 is 0. The van der Waals surface area contributed by atoms with Crippen molar-refractivity contribution in [2.75, 3.05) is 13.7 Å². The van der Waals surface area contributed by atoms with Gasteiger partial charge in [0.1, 0.15) is 0 Å². The molecule has 0 fully saturated rings. The predicted molar refractivity (Wildman–Crippen MR) is 63.9 cm³/mol. The third kappa shape index (κ3) is 3.05. The molecule has 1 unspecified atom stereocenters.